The van der Waals surface area contributed by atoms with E-state index >= 15 is 0 Å². The molecule has 0 aromatic carbocycles. The maximum atomic E-state index is 11.3. The van der Waals surface area contributed by atoms with Gasteiger partial charge in [-0.05, 0) is 0 Å². The molecule has 0 saturated heterocycles. The molecule has 5 nitrogen and oxygen atoms in total. The fourth-order valence-electron chi connectivity index (χ4n) is 1.14. The van der Waals surface area contributed by atoms with Crippen LogP contribution in [0.25, 0.3) is 0 Å². The first-order valence-corrected chi connectivity index (χ1v) is 5.16. The van der Waals surface area contributed by atoms with E-state index in [4.69, 9.17) is 0 Å². The van der Waals surface area contributed by atoms with Gasteiger partial charge < -0.3 is 15.6 Å². The Morgan fingerprint density at radius 3 is 3.00 bits per heavy atom. The first-order chi connectivity index (χ1) is 7.18. The van der Waals surface area contributed by atoms with Crippen LogP contribution in [-0.2, 0) is 11.3 Å². The summed E-state index contributed by atoms with van der Waals surface area (Å²) in [6.45, 7) is 5.35. The number of carbonyl (C=O) groups is 1. The number of H-pyrrole nitrogens is 1. The minimum absolute atomic E-state index is 0.0535. The third-order valence-corrected chi connectivity index (χ3v) is 1.94. The third kappa shape index (κ3) is 5.17. The van der Waals surface area contributed by atoms with Crippen LogP contribution in [0.1, 0.15) is 26.0 Å². The summed E-state index contributed by atoms with van der Waals surface area (Å²) in [7, 11) is 0. The number of rotatable bonds is 6. The van der Waals surface area contributed by atoms with Gasteiger partial charge in [0.2, 0.25) is 5.91 Å². The SMILES string of the molecule is CC(C)NCCC(=O)NCc1cnc[nH]1. The number of aromatic nitrogens is 2. The van der Waals surface area contributed by atoms with E-state index in [1.54, 1.807) is 12.5 Å². The average Bonchev–Trinajstić information content (AvgIpc) is 2.66. The number of hydrogen-bond donors (Lipinski definition) is 3. The summed E-state index contributed by atoms with van der Waals surface area (Å²) in [6, 6.07) is 0.422. The van der Waals surface area contributed by atoms with Gasteiger partial charge in [0.15, 0.2) is 0 Å². The van der Waals surface area contributed by atoms with Crippen LogP contribution in [0.3, 0.4) is 0 Å². The van der Waals surface area contributed by atoms with Crippen molar-refractivity contribution in [2.24, 2.45) is 0 Å². The Morgan fingerprint density at radius 1 is 1.60 bits per heavy atom. The molecule has 1 aromatic rings. The molecule has 0 fully saturated rings. The predicted molar refractivity (Wildman–Crippen MR) is 58.2 cm³/mol. The fourth-order valence-corrected chi connectivity index (χ4v) is 1.14. The van der Waals surface area contributed by atoms with E-state index in [9.17, 15) is 4.79 Å². The molecule has 0 saturated carbocycles. The van der Waals surface area contributed by atoms with Gasteiger partial charge in [-0.1, -0.05) is 13.8 Å². The molecule has 84 valence electrons. The van der Waals surface area contributed by atoms with Crippen molar-refractivity contribution >= 4 is 5.91 Å². The van der Waals surface area contributed by atoms with Crippen molar-refractivity contribution in [3.05, 3.63) is 18.2 Å². The van der Waals surface area contributed by atoms with E-state index < -0.39 is 0 Å². The van der Waals surface area contributed by atoms with Gasteiger partial charge in [-0.25, -0.2) is 4.98 Å². The summed E-state index contributed by atoms with van der Waals surface area (Å²) in [6.07, 6.45) is 3.81. The van der Waals surface area contributed by atoms with E-state index in [0.717, 1.165) is 5.69 Å². The molecule has 1 amide bonds. The highest BCUT2D eigenvalue weighted by Gasteiger charge is 2.01. The second kappa shape index (κ2) is 6.19. The van der Waals surface area contributed by atoms with Crippen LogP contribution < -0.4 is 10.6 Å². The van der Waals surface area contributed by atoms with E-state index in [2.05, 4.69) is 34.4 Å². The molecular weight excluding hydrogens is 192 g/mol. The highest BCUT2D eigenvalue weighted by atomic mass is 16.1. The zero-order valence-electron chi connectivity index (χ0n) is 9.21. The Morgan fingerprint density at radius 2 is 2.40 bits per heavy atom. The first-order valence-electron chi connectivity index (χ1n) is 5.16. The number of nitrogens with zero attached hydrogens (tertiary/aromatic N) is 1. The summed E-state index contributed by atoms with van der Waals surface area (Å²) < 4.78 is 0. The number of hydrogen-bond acceptors (Lipinski definition) is 3. The Labute approximate surface area is 89.7 Å². The molecular formula is C10H18N4O. The van der Waals surface area contributed by atoms with Crippen molar-refractivity contribution in [2.45, 2.75) is 32.9 Å². The smallest absolute Gasteiger partial charge is 0.221 e. The van der Waals surface area contributed by atoms with Crippen LogP contribution in [0.5, 0.6) is 0 Å². The summed E-state index contributed by atoms with van der Waals surface area (Å²) in [5.74, 6) is 0.0535. The summed E-state index contributed by atoms with van der Waals surface area (Å²) in [5.41, 5.74) is 0.917. The van der Waals surface area contributed by atoms with Crippen LogP contribution in [0, 0.1) is 0 Å². The van der Waals surface area contributed by atoms with E-state index in [0.29, 0.717) is 25.6 Å². The molecule has 0 aliphatic carbocycles. The van der Waals surface area contributed by atoms with E-state index in [1.807, 2.05) is 0 Å². The van der Waals surface area contributed by atoms with Gasteiger partial charge in [-0.2, -0.15) is 0 Å². The van der Waals surface area contributed by atoms with Crippen LogP contribution in [0.4, 0.5) is 0 Å². The minimum Gasteiger partial charge on any atom is -0.350 e. The van der Waals surface area contributed by atoms with Gasteiger partial charge in [0.05, 0.1) is 18.6 Å². The van der Waals surface area contributed by atoms with Crippen molar-refractivity contribution < 1.29 is 4.79 Å². The van der Waals surface area contributed by atoms with Crippen molar-refractivity contribution in [3.63, 3.8) is 0 Å². The molecule has 1 aromatic heterocycles. The minimum atomic E-state index is 0.0535. The van der Waals surface area contributed by atoms with Crippen molar-refractivity contribution in [3.8, 4) is 0 Å². The van der Waals surface area contributed by atoms with E-state index in [-0.39, 0.29) is 5.91 Å². The number of aromatic amines is 1. The topological polar surface area (TPSA) is 69.8 Å². The number of carbonyl (C=O) groups excluding carboxylic acids is 1. The molecule has 0 atom stereocenters. The van der Waals surface area contributed by atoms with Crippen molar-refractivity contribution in [1.82, 2.24) is 20.6 Å². The molecule has 15 heavy (non-hydrogen) atoms. The standard InChI is InChI=1S/C10H18N4O/c1-8(2)12-4-3-10(15)13-6-9-5-11-7-14-9/h5,7-8,12H,3-4,6H2,1-2H3,(H,11,14)(H,13,15). The lowest BCUT2D eigenvalue weighted by Crippen LogP contribution is -2.30. The summed E-state index contributed by atoms with van der Waals surface area (Å²) in [5, 5.41) is 6.00. The zero-order chi connectivity index (χ0) is 11.1. The van der Waals surface area contributed by atoms with Crippen molar-refractivity contribution in [2.75, 3.05) is 6.54 Å². The fraction of sp³-hybridized carbons (Fsp3) is 0.600. The molecule has 0 aliphatic rings. The van der Waals surface area contributed by atoms with Gasteiger partial charge in [-0.3, -0.25) is 4.79 Å². The summed E-state index contributed by atoms with van der Waals surface area (Å²) >= 11 is 0. The highest BCUT2D eigenvalue weighted by molar-refractivity contribution is 5.75. The molecule has 0 radical (unpaired) electrons. The Hall–Kier alpha value is -1.36. The molecule has 0 aliphatic heterocycles. The average molecular weight is 210 g/mol. The number of amides is 1. The molecule has 3 N–H and O–H groups in total. The van der Waals surface area contributed by atoms with Gasteiger partial charge in [0.1, 0.15) is 0 Å². The molecule has 1 heterocycles. The lowest BCUT2D eigenvalue weighted by molar-refractivity contribution is -0.121. The van der Waals surface area contributed by atoms with Crippen LogP contribution >= 0.6 is 0 Å². The molecule has 0 bridgehead atoms. The van der Waals surface area contributed by atoms with Gasteiger partial charge in [-0.15, -0.1) is 0 Å². The maximum Gasteiger partial charge on any atom is 0.221 e. The summed E-state index contributed by atoms with van der Waals surface area (Å²) in [4.78, 5) is 18.1. The first kappa shape index (κ1) is 11.7. The normalized spacial score (nSPS) is 10.6. The van der Waals surface area contributed by atoms with Gasteiger partial charge >= 0.3 is 0 Å². The lowest BCUT2D eigenvalue weighted by atomic mass is 10.3. The molecule has 1 rings (SSSR count). The molecule has 0 unspecified atom stereocenters. The predicted octanol–water partition coefficient (Wildman–Crippen LogP) is 0.414. The van der Waals surface area contributed by atoms with E-state index in [1.165, 1.54) is 0 Å². The maximum absolute atomic E-state index is 11.3. The van der Waals surface area contributed by atoms with Crippen LogP contribution in [0.15, 0.2) is 12.5 Å². The Bertz CT molecular complexity index is 282. The molecule has 0 spiro atoms. The lowest BCUT2D eigenvalue weighted by Gasteiger charge is -2.07. The Kier molecular flexibility index (Phi) is 4.83. The number of imidazole rings is 1. The largest absolute Gasteiger partial charge is 0.350 e. The van der Waals surface area contributed by atoms with Gasteiger partial charge in [0, 0.05) is 25.2 Å². The quantitative estimate of drug-likeness (QED) is 0.637. The second-order valence-corrected chi connectivity index (χ2v) is 3.71. The highest BCUT2D eigenvalue weighted by Crippen LogP contribution is 1.90. The van der Waals surface area contributed by atoms with Crippen LogP contribution in [-0.4, -0.2) is 28.5 Å². The second-order valence-electron chi connectivity index (χ2n) is 3.71. The molecule has 5 heteroatoms. The zero-order valence-corrected chi connectivity index (χ0v) is 9.21. The third-order valence-electron chi connectivity index (χ3n) is 1.94. The number of nitrogens with one attached hydrogen (secondary N) is 3. The van der Waals surface area contributed by atoms with Crippen molar-refractivity contribution in [1.29, 1.82) is 0 Å². The Balaban J connectivity index is 2.09. The monoisotopic (exact) mass is 210 g/mol. The van der Waals surface area contributed by atoms with Gasteiger partial charge in [0.25, 0.3) is 0 Å². The van der Waals surface area contributed by atoms with Crippen LogP contribution in [0.2, 0.25) is 0 Å².